The lowest BCUT2D eigenvalue weighted by Gasteiger charge is -2.19. The molecule has 0 spiro atoms. The summed E-state index contributed by atoms with van der Waals surface area (Å²) in [5, 5.41) is 13.5. The second kappa shape index (κ2) is 8.14. The lowest BCUT2D eigenvalue weighted by molar-refractivity contribution is 0.103. The molecule has 0 aliphatic rings. The number of hydrogen-bond acceptors (Lipinski definition) is 3. The third kappa shape index (κ3) is 5.08. The van der Waals surface area contributed by atoms with E-state index < -0.39 is 6.10 Å². The van der Waals surface area contributed by atoms with E-state index in [0.717, 1.165) is 16.9 Å². The van der Waals surface area contributed by atoms with Gasteiger partial charge in [-0.15, -0.1) is 0 Å². The molecule has 0 fully saturated rings. The van der Waals surface area contributed by atoms with Crippen molar-refractivity contribution in [2.24, 2.45) is 0 Å². The zero-order valence-electron chi connectivity index (χ0n) is 14.5. The largest absolute Gasteiger partial charge is 0.490 e. The van der Waals surface area contributed by atoms with E-state index in [0.29, 0.717) is 13.2 Å². The van der Waals surface area contributed by atoms with Crippen molar-refractivity contribution in [1.82, 2.24) is 5.32 Å². The van der Waals surface area contributed by atoms with Crippen LogP contribution in [0.15, 0.2) is 42.5 Å². The molecule has 3 nitrogen and oxygen atoms in total. The van der Waals surface area contributed by atoms with Crippen LogP contribution >= 0.6 is 0 Å². The Bertz CT molecular complexity index is 602. The van der Waals surface area contributed by atoms with Crippen LogP contribution in [0.1, 0.15) is 35.2 Å². The van der Waals surface area contributed by atoms with Gasteiger partial charge in [0, 0.05) is 12.6 Å². The Hall–Kier alpha value is -1.84. The molecule has 124 valence electrons. The third-order valence-corrected chi connectivity index (χ3v) is 3.98. The molecule has 2 aromatic rings. The van der Waals surface area contributed by atoms with Gasteiger partial charge in [0.15, 0.2) is 0 Å². The molecule has 2 aromatic carbocycles. The summed E-state index contributed by atoms with van der Waals surface area (Å²) in [7, 11) is 0. The van der Waals surface area contributed by atoms with E-state index in [1.165, 1.54) is 11.1 Å². The standard InChI is InChI=1S/C20H27NO2/c1-14-10-15(2)20(16(3)11-14)23-13-19(22)12-21-17(4)18-8-6-5-7-9-18/h5-11,17,19,21-22H,12-13H2,1-4H3/t17-,19-/m1/s1. The van der Waals surface area contributed by atoms with Gasteiger partial charge in [-0.1, -0.05) is 48.0 Å². The van der Waals surface area contributed by atoms with Crippen molar-refractivity contribution in [2.45, 2.75) is 39.8 Å². The fourth-order valence-electron chi connectivity index (χ4n) is 2.81. The minimum atomic E-state index is -0.540. The first kappa shape index (κ1) is 17.5. The maximum absolute atomic E-state index is 10.2. The van der Waals surface area contributed by atoms with Crippen LogP contribution < -0.4 is 10.1 Å². The van der Waals surface area contributed by atoms with Gasteiger partial charge in [0.05, 0.1) is 0 Å². The van der Waals surface area contributed by atoms with Crippen LogP contribution in [0.25, 0.3) is 0 Å². The Kier molecular flexibility index (Phi) is 6.20. The van der Waals surface area contributed by atoms with Gasteiger partial charge in [0.2, 0.25) is 0 Å². The summed E-state index contributed by atoms with van der Waals surface area (Å²) in [6.07, 6.45) is -0.540. The fraction of sp³-hybridized carbons (Fsp3) is 0.400. The first-order valence-electron chi connectivity index (χ1n) is 8.14. The van der Waals surface area contributed by atoms with Crippen LogP contribution in [0.3, 0.4) is 0 Å². The summed E-state index contributed by atoms with van der Waals surface area (Å²) in [4.78, 5) is 0. The Morgan fingerprint density at radius 2 is 1.65 bits per heavy atom. The number of aliphatic hydroxyl groups excluding tert-OH is 1. The van der Waals surface area contributed by atoms with Crippen molar-refractivity contribution in [3.8, 4) is 5.75 Å². The van der Waals surface area contributed by atoms with Gasteiger partial charge in [-0.2, -0.15) is 0 Å². The van der Waals surface area contributed by atoms with E-state index in [-0.39, 0.29) is 6.04 Å². The Morgan fingerprint density at radius 1 is 1.04 bits per heavy atom. The van der Waals surface area contributed by atoms with Crippen molar-refractivity contribution < 1.29 is 9.84 Å². The lowest BCUT2D eigenvalue weighted by Crippen LogP contribution is -2.33. The number of rotatable bonds is 7. The first-order chi connectivity index (χ1) is 11.0. The van der Waals surface area contributed by atoms with E-state index in [4.69, 9.17) is 4.74 Å². The monoisotopic (exact) mass is 313 g/mol. The minimum absolute atomic E-state index is 0.202. The molecule has 0 saturated carbocycles. The third-order valence-electron chi connectivity index (χ3n) is 3.98. The number of ether oxygens (including phenoxy) is 1. The summed E-state index contributed by atoms with van der Waals surface area (Å²) in [6.45, 7) is 9.04. The Balaban J connectivity index is 1.83. The van der Waals surface area contributed by atoms with Crippen molar-refractivity contribution >= 4 is 0 Å². The molecule has 2 N–H and O–H groups in total. The number of nitrogens with one attached hydrogen (secondary N) is 1. The van der Waals surface area contributed by atoms with Crippen LogP contribution in [0, 0.1) is 20.8 Å². The second-order valence-corrected chi connectivity index (χ2v) is 6.23. The maximum atomic E-state index is 10.2. The summed E-state index contributed by atoms with van der Waals surface area (Å²) < 4.78 is 5.83. The zero-order valence-corrected chi connectivity index (χ0v) is 14.5. The molecular weight excluding hydrogens is 286 g/mol. The molecule has 3 heteroatoms. The van der Waals surface area contributed by atoms with Crippen LogP contribution in [0.2, 0.25) is 0 Å². The molecule has 0 amide bonds. The van der Waals surface area contributed by atoms with Crippen LogP contribution in [0.4, 0.5) is 0 Å². The van der Waals surface area contributed by atoms with E-state index in [1.54, 1.807) is 0 Å². The van der Waals surface area contributed by atoms with E-state index in [1.807, 2.05) is 32.0 Å². The van der Waals surface area contributed by atoms with Crippen LogP contribution in [0.5, 0.6) is 5.75 Å². The summed E-state index contributed by atoms with van der Waals surface area (Å²) in [5.74, 6) is 0.880. The first-order valence-corrected chi connectivity index (χ1v) is 8.14. The lowest BCUT2D eigenvalue weighted by atomic mass is 10.1. The quantitative estimate of drug-likeness (QED) is 0.819. The fourth-order valence-corrected chi connectivity index (χ4v) is 2.81. The van der Waals surface area contributed by atoms with Gasteiger partial charge in [0.25, 0.3) is 0 Å². The van der Waals surface area contributed by atoms with Crippen LogP contribution in [-0.2, 0) is 0 Å². The predicted molar refractivity (Wildman–Crippen MR) is 95.0 cm³/mol. The van der Waals surface area contributed by atoms with Gasteiger partial charge >= 0.3 is 0 Å². The second-order valence-electron chi connectivity index (χ2n) is 6.23. The minimum Gasteiger partial charge on any atom is -0.490 e. The number of aliphatic hydroxyl groups is 1. The van der Waals surface area contributed by atoms with Crippen molar-refractivity contribution in [1.29, 1.82) is 0 Å². The van der Waals surface area contributed by atoms with E-state index in [2.05, 4.69) is 43.4 Å². The van der Waals surface area contributed by atoms with Gasteiger partial charge < -0.3 is 15.2 Å². The molecule has 0 aliphatic heterocycles. The highest BCUT2D eigenvalue weighted by Crippen LogP contribution is 2.24. The molecular formula is C20H27NO2. The summed E-state index contributed by atoms with van der Waals surface area (Å²) in [6, 6.07) is 14.6. The zero-order chi connectivity index (χ0) is 16.8. The molecule has 0 aromatic heterocycles. The SMILES string of the molecule is Cc1cc(C)c(OC[C@H](O)CN[C@H](C)c2ccccc2)c(C)c1. The molecule has 0 bridgehead atoms. The molecule has 0 unspecified atom stereocenters. The highest BCUT2D eigenvalue weighted by atomic mass is 16.5. The van der Waals surface area contributed by atoms with Gasteiger partial charge in [-0.3, -0.25) is 0 Å². The molecule has 0 heterocycles. The predicted octanol–water partition coefficient (Wildman–Crippen LogP) is 3.70. The molecule has 0 radical (unpaired) electrons. The molecule has 2 rings (SSSR count). The van der Waals surface area contributed by atoms with Crippen molar-refractivity contribution in [3.63, 3.8) is 0 Å². The van der Waals surface area contributed by atoms with Crippen LogP contribution in [-0.4, -0.2) is 24.4 Å². The summed E-state index contributed by atoms with van der Waals surface area (Å²) >= 11 is 0. The normalized spacial score (nSPS) is 13.6. The number of benzene rings is 2. The molecule has 23 heavy (non-hydrogen) atoms. The van der Waals surface area contributed by atoms with Crippen molar-refractivity contribution in [3.05, 3.63) is 64.7 Å². The molecule has 2 atom stereocenters. The van der Waals surface area contributed by atoms with Crippen molar-refractivity contribution in [2.75, 3.05) is 13.2 Å². The number of aryl methyl sites for hydroxylation is 3. The van der Waals surface area contributed by atoms with Gasteiger partial charge in [-0.25, -0.2) is 0 Å². The maximum Gasteiger partial charge on any atom is 0.125 e. The molecule has 0 saturated heterocycles. The number of hydrogen-bond donors (Lipinski definition) is 2. The summed E-state index contributed by atoms with van der Waals surface area (Å²) in [5.41, 5.74) is 4.66. The average molecular weight is 313 g/mol. The Morgan fingerprint density at radius 3 is 2.26 bits per heavy atom. The van der Waals surface area contributed by atoms with E-state index in [9.17, 15) is 5.11 Å². The highest BCUT2D eigenvalue weighted by Gasteiger charge is 2.11. The Labute approximate surface area is 139 Å². The highest BCUT2D eigenvalue weighted by molar-refractivity contribution is 5.42. The average Bonchev–Trinajstić information content (AvgIpc) is 2.52. The van der Waals surface area contributed by atoms with Gasteiger partial charge in [-0.05, 0) is 44.4 Å². The smallest absolute Gasteiger partial charge is 0.125 e. The van der Waals surface area contributed by atoms with E-state index >= 15 is 0 Å². The van der Waals surface area contributed by atoms with Gasteiger partial charge in [0.1, 0.15) is 18.5 Å². The topological polar surface area (TPSA) is 41.5 Å². The molecule has 0 aliphatic carbocycles.